The van der Waals surface area contributed by atoms with Gasteiger partial charge >= 0.3 is 0 Å². The van der Waals surface area contributed by atoms with Crippen LogP contribution in [0, 0.1) is 11.3 Å². The lowest BCUT2D eigenvalue weighted by Crippen LogP contribution is -2.14. The highest BCUT2D eigenvalue weighted by Gasteiger charge is 2.11. The Bertz CT molecular complexity index is 700. The number of rotatable bonds is 4. The minimum Gasteiger partial charge on any atom is -0.495 e. The van der Waals surface area contributed by atoms with Gasteiger partial charge in [-0.15, -0.1) is 0 Å². The van der Waals surface area contributed by atoms with Crippen LogP contribution in [0.5, 0.6) is 5.75 Å². The molecular weight excluding hydrogens is 264 g/mol. The normalized spacial score (nSPS) is 10.6. The Morgan fingerprint density at radius 2 is 1.81 bits per heavy atom. The Morgan fingerprint density at radius 3 is 2.48 bits per heavy atom. The molecule has 21 heavy (non-hydrogen) atoms. The SMILES string of the molecule is COc1ccccc1NC(=O)C(C#N)=Cc1ccccc1. The van der Waals surface area contributed by atoms with Crippen LogP contribution >= 0.6 is 0 Å². The summed E-state index contributed by atoms with van der Waals surface area (Å²) < 4.78 is 5.16. The van der Waals surface area contributed by atoms with Crippen molar-refractivity contribution in [2.45, 2.75) is 0 Å². The highest BCUT2D eigenvalue weighted by atomic mass is 16.5. The summed E-state index contributed by atoms with van der Waals surface area (Å²) in [7, 11) is 1.52. The predicted octanol–water partition coefficient (Wildman–Crippen LogP) is 3.24. The summed E-state index contributed by atoms with van der Waals surface area (Å²) in [5.74, 6) is 0.0775. The van der Waals surface area contributed by atoms with Crippen LogP contribution < -0.4 is 10.1 Å². The van der Waals surface area contributed by atoms with E-state index in [-0.39, 0.29) is 5.57 Å². The quantitative estimate of drug-likeness (QED) is 0.689. The molecule has 0 saturated carbocycles. The van der Waals surface area contributed by atoms with E-state index < -0.39 is 5.91 Å². The molecule has 1 amide bonds. The van der Waals surface area contributed by atoms with Crippen LogP contribution in [0.15, 0.2) is 60.2 Å². The van der Waals surface area contributed by atoms with Crippen LogP contribution in [0.1, 0.15) is 5.56 Å². The van der Waals surface area contributed by atoms with E-state index in [0.717, 1.165) is 5.56 Å². The average molecular weight is 278 g/mol. The Morgan fingerprint density at radius 1 is 1.14 bits per heavy atom. The van der Waals surface area contributed by atoms with Gasteiger partial charge in [-0.05, 0) is 23.8 Å². The summed E-state index contributed by atoms with van der Waals surface area (Å²) in [6.45, 7) is 0. The van der Waals surface area contributed by atoms with Gasteiger partial charge in [-0.2, -0.15) is 5.26 Å². The number of nitriles is 1. The fourth-order valence-corrected chi connectivity index (χ4v) is 1.80. The summed E-state index contributed by atoms with van der Waals surface area (Å²) >= 11 is 0. The molecule has 0 aliphatic carbocycles. The third-order valence-corrected chi connectivity index (χ3v) is 2.83. The van der Waals surface area contributed by atoms with Crippen LogP contribution in [-0.2, 0) is 4.79 Å². The molecule has 4 heteroatoms. The number of carbonyl (C=O) groups is 1. The molecule has 2 aromatic carbocycles. The summed E-state index contributed by atoms with van der Waals surface area (Å²) in [4.78, 5) is 12.2. The number of nitrogens with one attached hydrogen (secondary N) is 1. The van der Waals surface area contributed by atoms with Crippen molar-refractivity contribution in [3.05, 3.63) is 65.7 Å². The molecule has 0 saturated heterocycles. The minimum atomic E-state index is -0.467. The maximum atomic E-state index is 12.2. The van der Waals surface area contributed by atoms with Gasteiger partial charge in [0.25, 0.3) is 5.91 Å². The van der Waals surface area contributed by atoms with Crippen molar-refractivity contribution in [3.8, 4) is 11.8 Å². The number of nitrogens with zero attached hydrogens (tertiary/aromatic N) is 1. The van der Waals surface area contributed by atoms with Gasteiger partial charge in [0, 0.05) is 0 Å². The molecule has 104 valence electrons. The first-order chi connectivity index (χ1) is 10.2. The van der Waals surface area contributed by atoms with Gasteiger partial charge in [0.1, 0.15) is 17.4 Å². The van der Waals surface area contributed by atoms with Crippen molar-refractivity contribution in [1.82, 2.24) is 0 Å². The van der Waals surface area contributed by atoms with E-state index in [1.165, 1.54) is 7.11 Å². The number of methoxy groups -OCH3 is 1. The lowest BCUT2D eigenvalue weighted by atomic mass is 10.1. The fourth-order valence-electron chi connectivity index (χ4n) is 1.80. The van der Waals surface area contributed by atoms with Crippen molar-refractivity contribution in [2.75, 3.05) is 12.4 Å². The maximum Gasteiger partial charge on any atom is 0.266 e. The van der Waals surface area contributed by atoms with E-state index in [1.807, 2.05) is 36.4 Å². The molecule has 0 bridgehead atoms. The highest BCUT2D eigenvalue weighted by Crippen LogP contribution is 2.23. The predicted molar refractivity (Wildman–Crippen MR) is 81.7 cm³/mol. The number of anilines is 1. The molecule has 4 nitrogen and oxygen atoms in total. The Balaban J connectivity index is 2.22. The van der Waals surface area contributed by atoms with E-state index in [1.54, 1.807) is 30.3 Å². The number of amides is 1. The zero-order valence-electron chi connectivity index (χ0n) is 11.5. The highest BCUT2D eigenvalue weighted by molar-refractivity contribution is 6.10. The maximum absolute atomic E-state index is 12.2. The van der Waals surface area contributed by atoms with Gasteiger partial charge in [0.05, 0.1) is 12.8 Å². The molecule has 1 N–H and O–H groups in total. The zero-order valence-corrected chi connectivity index (χ0v) is 11.5. The van der Waals surface area contributed by atoms with Gasteiger partial charge < -0.3 is 10.1 Å². The number of hydrogen-bond donors (Lipinski definition) is 1. The average Bonchev–Trinajstić information content (AvgIpc) is 2.54. The van der Waals surface area contributed by atoms with Gasteiger partial charge in [0.15, 0.2) is 0 Å². The van der Waals surface area contributed by atoms with Crippen molar-refractivity contribution in [1.29, 1.82) is 5.26 Å². The van der Waals surface area contributed by atoms with E-state index in [9.17, 15) is 4.79 Å². The topological polar surface area (TPSA) is 62.1 Å². The Labute approximate surface area is 123 Å². The first-order valence-corrected chi connectivity index (χ1v) is 6.36. The third-order valence-electron chi connectivity index (χ3n) is 2.83. The van der Waals surface area contributed by atoms with E-state index in [2.05, 4.69) is 5.32 Å². The van der Waals surface area contributed by atoms with Crippen LogP contribution in [0.2, 0.25) is 0 Å². The van der Waals surface area contributed by atoms with Gasteiger partial charge in [-0.25, -0.2) is 0 Å². The molecule has 0 atom stereocenters. The Hall–Kier alpha value is -3.06. The van der Waals surface area contributed by atoms with Crippen LogP contribution in [0.4, 0.5) is 5.69 Å². The number of ether oxygens (including phenoxy) is 1. The van der Waals surface area contributed by atoms with E-state index in [4.69, 9.17) is 10.00 Å². The second-order valence-electron chi connectivity index (χ2n) is 4.23. The Kier molecular flexibility index (Phi) is 4.73. The minimum absolute atomic E-state index is 0.0344. The number of benzene rings is 2. The monoisotopic (exact) mass is 278 g/mol. The molecule has 0 aliphatic rings. The summed E-state index contributed by atoms with van der Waals surface area (Å²) in [5, 5.41) is 11.8. The molecule has 2 rings (SSSR count). The number of carbonyl (C=O) groups excluding carboxylic acids is 1. The molecular formula is C17H14N2O2. The standard InChI is InChI=1S/C17H14N2O2/c1-21-16-10-6-5-9-15(16)19-17(20)14(12-18)11-13-7-3-2-4-8-13/h2-11H,1H3,(H,19,20). The largest absolute Gasteiger partial charge is 0.495 e. The van der Waals surface area contributed by atoms with Crippen LogP contribution in [-0.4, -0.2) is 13.0 Å². The molecule has 0 radical (unpaired) electrons. The first-order valence-electron chi connectivity index (χ1n) is 6.36. The molecule has 0 aromatic heterocycles. The lowest BCUT2D eigenvalue weighted by Gasteiger charge is -2.09. The summed E-state index contributed by atoms with van der Waals surface area (Å²) in [6.07, 6.45) is 1.55. The molecule has 2 aromatic rings. The van der Waals surface area contributed by atoms with Gasteiger partial charge in [-0.3, -0.25) is 4.79 Å². The summed E-state index contributed by atoms with van der Waals surface area (Å²) in [6, 6.07) is 18.2. The van der Waals surface area contributed by atoms with Crippen LogP contribution in [0.3, 0.4) is 0 Å². The second kappa shape index (κ2) is 6.92. The smallest absolute Gasteiger partial charge is 0.266 e. The zero-order chi connectivity index (χ0) is 15.1. The molecule has 0 heterocycles. The van der Waals surface area contributed by atoms with Gasteiger partial charge in [0.2, 0.25) is 0 Å². The molecule has 0 unspecified atom stereocenters. The van der Waals surface area contributed by atoms with Crippen molar-refractivity contribution in [3.63, 3.8) is 0 Å². The lowest BCUT2D eigenvalue weighted by molar-refractivity contribution is -0.112. The molecule has 0 fully saturated rings. The van der Waals surface area contributed by atoms with Gasteiger partial charge in [-0.1, -0.05) is 42.5 Å². The fraction of sp³-hybridized carbons (Fsp3) is 0.0588. The van der Waals surface area contributed by atoms with Crippen molar-refractivity contribution < 1.29 is 9.53 Å². The number of hydrogen-bond acceptors (Lipinski definition) is 3. The van der Waals surface area contributed by atoms with Crippen molar-refractivity contribution >= 4 is 17.7 Å². The second-order valence-corrected chi connectivity index (χ2v) is 4.23. The number of para-hydroxylation sites is 2. The van der Waals surface area contributed by atoms with E-state index in [0.29, 0.717) is 11.4 Å². The van der Waals surface area contributed by atoms with E-state index >= 15 is 0 Å². The third kappa shape index (κ3) is 3.71. The van der Waals surface area contributed by atoms with Crippen LogP contribution in [0.25, 0.3) is 6.08 Å². The molecule has 0 aliphatic heterocycles. The summed E-state index contributed by atoms with van der Waals surface area (Å²) in [5.41, 5.74) is 1.36. The first kappa shape index (κ1) is 14.4. The van der Waals surface area contributed by atoms with Crippen molar-refractivity contribution in [2.24, 2.45) is 0 Å². The molecule has 0 spiro atoms.